The summed E-state index contributed by atoms with van der Waals surface area (Å²) in [5, 5.41) is 10.6. The highest BCUT2D eigenvalue weighted by Gasteiger charge is 2.09. The Bertz CT molecular complexity index is 533. The summed E-state index contributed by atoms with van der Waals surface area (Å²) >= 11 is 11.7. The number of carboxylic acid groups (broad SMARTS) is 1. The molecule has 0 aliphatic carbocycles. The normalized spacial score (nSPS) is 10.8. The number of fused-ring (bicyclic) bond motifs is 1. The summed E-state index contributed by atoms with van der Waals surface area (Å²) in [6.07, 6.45) is 0. The molecule has 3 nitrogen and oxygen atoms in total. The standard InChI is InChI=1S/C10H7Cl2NO2/c11-7-1-2-8-6(3-7)4-9(12)13(8)5-10(14)15/h1-4H,5H2,(H,14,15). The predicted molar refractivity (Wildman–Crippen MR) is 59.6 cm³/mol. The lowest BCUT2D eigenvalue weighted by Gasteiger charge is -2.02. The van der Waals surface area contributed by atoms with Gasteiger partial charge in [0.2, 0.25) is 0 Å². The van der Waals surface area contributed by atoms with Gasteiger partial charge in [-0.15, -0.1) is 0 Å². The summed E-state index contributed by atoms with van der Waals surface area (Å²) in [5.74, 6) is -0.927. The average molecular weight is 244 g/mol. The molecule has 0 fully saturated rings. The number of nitrogens with zero attached hydrogens (tertiary/aromatic N) is 1. The Morgan fingerprint density at radius 3 is 2.73 bits per heavy atom. The number of benzene rings is 1. The summed E-state index contributed by atoms with van der Waals surface area (Å²) in [7, 11) is 0. The number of carbonyl (C=O) groups is 1. The van der Waals surface area contributed by atoms with Crippen LogP contribution in [0.15, 0.2) is 24.3 Å². The lowest BCUT2D eigenvalue weighted by Crippen LogP contribution is -2.08. The molecule has 0 aliphatic heterocycles. The summed E-state index contributed by atoms with van der Waals surface area (Å²) in [6, 6.07) is 6.91. The Morgan fingerprint density at radius 1 is 1.33 bits per heavy atom. The summed E-state index contributed by atoms with van der Waals surface area (Å²) in [6.45, 7) is -0.149. The Kier molecular flexibility index (Phi) is 2.59. The van der Waals surface area contributed by atoms with Gasteiger partial charge in [0.15, 0.2) is 0 Å². The maximum absolute atomic E-state index is 10.6. The molecule has 1 heterocycles. The number of hydrogen-bond acceptors (Lipinski definition) is 1. The third kappa shape index (κ3) is 1.94. The quantitative estimate of drug-likeness (QED) is 0.882. The van der Waals surface area contributed by atoms with E-state index in [9.17, 15) is 4.79 Å². The first-order valence-electron chi connectivity index (χ1n) is 4.24. The van der Waals surface area contributed by atoms with Gasteiger partial charge >= 0.3 is 5.97 Å². The lowest BCUT2D eigenvalue weighted by molar-refractivity contribution is -0.137. The van der Waals surface area contributed by atoms with Gasteiger partial charge in [-0.25, -0.2) is 0 Å². The van der Waals surface area contributed by atoms with Gasteiger partial charge in [-0.2, -0.15) is 0 Å². The molecule has 2 aromatic rings. The van der Waals surface area contributed by atoms with E-state index in [1.165, 1.54) is 4.57 Å². The number of aliphatic carboxylic acids is 1. The minimum absolute atomic E-state index is 0.149. The van der Waals surface area contributed by atoms with Crippen molar-refractivity contribution in [2.45, 2.75) is 6.54 Å². The molecule has 1 N–H and O–H groups in total. The largest absolute Gasteiger partial charge is 0.480 e. The first kappa shape index (κ1) is 10.3. The summed E-state index contributed by atoms with van der Waals surface area (Å²) < 4.78 is 1.52. The molecule has 78 valence electrons. The Labute approximate surface area is 95.8 Å². The minimum atomic E-state index is -0.927. The van der Waals surface area contributed by atoms with Gasteiger partial charge in [-0.3, -0.25) is 4.79 Å². The van der Waals surface area contributed by atoms with Crippen LogP contribution in [0.2, 0.25) is 10.2 Å². The van der Waals surface area contributed by atoms with Crippen molar-refractivity contribution < 1.29 is 9.90 Å². The zero-order valence-corrected chi connectivity index (χ0v) is 9.09. The van der Waals surface area contributed by atoms with E-state index >= 15 is 0 Å². The Hall–Kier alpha value is -1.19. The first-order chi connectivity index (χ1) is 7.08. The van der Waals surface area contributed by atoms with Crippen molar-refractivity contribution in [2.24, 2.45) is 0 Å². The number of halogens is 2. The minimum Gasteiger partial charge on any atom is -0.480 e. The maximum Gasteiger partial charge on any atom is 0.323 e. The van der Waals surface area contributed by atoms with Gasteiger partial charge in [0.25, 0.3) is 0 Å². The van der Waals surface area contributed by atoms with Gasteiger partial charge in [0.1, 0.15) is 11.7 Å². The van der Waals surface area contributed by atoms with Crippen LogP contribution < -0.4 is 0 Å². The molecule has 0 atom stereocenters. The molecule has 0 saturated heterocycles. The molecular formula is C10H7Cl2NO2. The molecule has 0 spiro atoms. The van der Waals surface area contributed by atoms with Crippen LogP contribution in [-0.2, 0) is 11.3 Å². The lowest BCUT2D eigenvalue weighted by atomic mass is 10.2. The van der Waals surface area contributed by atoms with Crippen LogP contribution in [-0.4, -0.2) is 15.6 Å². The highest BCUT2D eigenvalue weighted by Crippen LogP contribution is 2.26. The number of aromatic nitrogens is 1. The fraction of sp³-hybridized carbons (Fsp3) is 0.100. The zero-order chi connectivity index (χ0) is 11.0. The monoisotopic (exact) mass is 243 g/mol. The van der Waals surface area contributed by atoms with Crippen LogP contribution in [0.25, 0.3) is 10.9 Å². The van der Waals surface area contributed by atoms with Crippen LogP contribution in [0, 0.1) is 0 Å². The van der Waals surface area contributed by atoms with Gasteiger partial charge in [0, 0.05) is 15.9 Å². The van der Waals surface area contributed by atoms with Crippen LogP contribution in [0.3, 0.4) is 0 Å². The van der Waals surface area contributed by atoms with Crippen molar-refractivity contribution in [1.82, 2.24) is 4.57 Å². The molecular weight excluding hydrogens is 237 g/mol. The average Bonchev–Trinajstić information content (AvgIpc) is 2.41. The fourth-order valence-electron chi connectivity index (χ4n) is 1.50. The second kappa shape index (κ2) is 3.76. The molecule has 1 aromatic heterocycles. The van der Waals surface area contributed by atoms with E-state index in [0.717, 1.165) is 10.9 Å². The molecule has 0 saturated carbocycles. The highest BCUT2D eigenvalue weighted by atomic mass is 35.5. The van der Waals surface area contributed by atoms with Crippen molar-refractivity contribution in [3.63, 3.8) is 0 Å². The van der Waals surface area contributed by atoms with Gasteiger partial charge < -0.3 is 9.67 Å². The molecule has 5 heteroatoms. The van der Waals surface area contributed by atoms with Crippen molar-refractivity contribution in [1.29, 1.82) is 0 Å². The highest BCUT2D eigenvalue weighted by molar-refractivity contribution is 6.32. The van der Waals surface area contributed by atoms with Crippen molar-refractivity contribution >= 4 is 40.1 Å². The molecule has 15 heavy (non-hydrogen) atoms. The van der Waals surface area contributed by atoms with Crippen LogP contribution in [0.5, 0.6) is 0 Å². The fourth-order valence-corrected chi connectivity index (χ4v) is 1.95. The molecule has 0 unspecified atom stereocenters. The van der Waals surface area contributed by atoms with Crippen molar-refractivity contribution in [2.75, 3.05) is 0 Å². The predicted octanol–water partition coefficient (Wildman–Crippen LogP) is 3.03. The second-order valence-corrected chi connectivity index (χ2v) is 3.97. The SMILES string of the molecule is O=C(O)Cn1c(Cl)cc2cc(Cl)ccc21. The van der Waals surface area contributed by atoms with E-state index in [1.54, 1.807) is 24.3 Å². The number of rotatable bonds is 2. The van der Waals surface area contributed by atoms with Gasteiger partial charge in [-0.05, 0) is 24.3 Å². The molecule has 1 aromatic carbocycles. The third-order valence-corrected chi connectivity index (χ3v) is 2.65. The summed E-state index contributed by atoms with van der Waals surface area (Å²) in [4.78, 5) is 10.6. The second-order valence-electron chi connectivity index (χ2n) is 3.15. The number of carboxylic acids is 1. The molecule has 0 radical (unpaired) electrons. The molecule has 0 amide bonds. The van der Waals surface area contributed by atoms with Crippen LogP contribution in [0.4, 0.5) is 0 Å². The molecule has 2 rings (SSSR count). The van der Waals surface area contributed by atoms with Crippen LogP contribution >= 0.6 is 23.2 Å². The first-order valence-corrected chi connectivity index (χ1v) is 4.99. The van der Waals surface area contributed by atoms with Gasteiger partial charge in [-0.1, -0.05) is 23.2 Å². The van der Waals surface area contributed by atoms with E-state index in [1.807, 2.05) is 0 Å². The zero-order valence-electron chi connectivity index (χ0n) is 7.58. The number of hydrogen-bond donors (Lipinski definition) is 1. The molecule has 0 aliphatic rings. The van der Waals surface area contributed by atoms with Crippen LogP contribution in [0.1, 0.15) is 0 Å². The molecule has 0 bridgehead atoms. The van der Waals surface area contributed by atoms with E-state index in [0.29, 0.717) is 10.2 Å². The van der Waals surface area contributed by atoms with E-state index in [4.69, 9.17) is 28.3 Å². The van der Waals surface area contributed by atoms with E-state index in [-0.39, 0.29) is 6.54 Å². The third-order valence-electron chi connectivity index (χ3n) is 2.11. The smallest absolute Gasteiger partial charge is 0.323 e. The maximum atomic E-state index is 10.6. The topological polar surface area (TPSA) is 42.2 Å². The van der Waals surface area contributed by atoms with Crippen molar-refractivity contribution in [3.8, 4) is 0 Å². The Morgan fingerprint density at radius 2 is 2.07 bits per heavy atom. The van der Waals surface area contributed by atoms with E-state index < -0.39 is 5.97 Å². The summed E-state index contributed by atoms with van der Waals surface area (Å²) in [5.41, 5.74) is 0.770. The van der Waals surface area contributed by atoms with Gasteiger partial charge in [0.05, 0.1) is 0 Å². The van der Waals surface area contributed by atoms with E-state index in [2.05, 4.69) is 0 Å². The Balaban J connectivity index is 2.63. The van der Waals surface area contributed by atoms with Crippen molar-refractivity contribution in [3.05, 3.63) is 34.4 Å².